The van der Waals surface area contributed by atoms with Crippen molar-refractivity contribution in [2.45, 2.75) is 39.2 Å². The van der Waals surface area contributed by atoms with Crippen LogP contribution in [0, 0.1) is 11.8 Å². The van der Waals surface area contributed by atoms with Gasteiger partial charge in [-0.2, -0.15) is 0 Å². The fraction of sp³-hybridized carbons (Fsp3) is 0.529. The molecule has 1 nitrogen and oxygen atoms in total. The molecule has 2 aromatic rings. The summed E-state index contributed by atoms with van der Waals surface area (Å²) in [4.78, 5) is 1.46. The lowest BCUT2D eigenvalue weighted by atomic mass is 9.98. The van der Waals surface area contributed by atoms with E-state index < -0.39 is 0 Å². The average Bonchev–Trinajstić information content (AvgIpc) is 3.01. The molecule has 0 amide bonds. The van der Waals surface area contributed by atoms with Gasteiger partial charge in [-0.1, -0.05) is 38.0 Å². The van der Waals surface area contributed by atoms with Crippen LogP contribution in [-0.4, -0.2) is 6.54 Å². The zero-order valence-corrected chi connectivity index (χ0v) is 12.7. The predicted molar refractivity (Wildman–Crippen MR) is 84.7 cm³/mol. The number of hydrogen-bond acceptors (Lipinski definition) is 2. The van der Waals surface area contributed by atoms with Gasteiger partial charge in [0, 0.05) is 15.6 Å². The van der Waals surface area contributed by atoms with E-state index in [0.29, 0.717) is 6.04 Å². The van der Waals surface area contributed by atoms with Gasteiger partial charge >= 0.3 is 0 Å². The van der Waals surface area contributed by atoms with Gasteiger partial charge in [0.25, 0.3) is 0 Å². The number of thiophene rings is 1. The van der Waals surface area contributed by atoms with Gasteiger partial charge in [-0.25, -0.2) is 0 Å². The number of fused-ring (bicyclic) bond motifs is 1. The van der Waals surface area contributed by atoms with Crippen LogP contribution in [0.1, 0.15) is 44.0 Å². The van der Waals surface area contributed by atoms with E-state index in [9.17, 15) is 0 Å². The number of nitrogens with one attached hydrogen (secondary N) is 1. The summed E-state index contributed by atoms with van der Waals surface area (Å²) in [5.41, 5.74) is 0. The van der Waals surface area contributed by atoms with Gasteiger partial charge in [-0.05, 0) is 49.2 Å². The minimum atomic E-state index is 0.477. The maximum atomic E-state index is 3.74. The first kappa shape index (κ1) is 13.1. The van der Waals surface area contributed by atoms with Crippen molar-refractivity contribution in [1.82, 2.24) is 5.32 Å². The van der Waals surface area contributed by atoms with E-state index in [-0.39, 0.29) is 0 Å². The lowest BCUT2D eigenvalue weighted by Gasteiger charge is -2.19. The smallest absolute Gasteiger partial charge is 0.0386 e. The second kappa shape index (κ2) is 5.64. The molecular formula is C17H23NS. The third-order valence-electron chi connectivity index (χ3n) is 4.60. The van der Waals surface area contributed by atoms with Crippen molar-refractivity contribution in [3.63, 3.8) is 0 Å². The Kier molecular flexibility index (Phi) is 3.90. The van der Waals surface area contributed by atoms with Gasteiger partial charge in [0.2, 0.25) is 0 Å². The molecule has 1 heterocycles. The maximum Gasteiger partial charge on any atom is 0.0386 e. The molecule has 1 fully saturated rings. The fourth-order valence-electron chi connectivity index (χ4n) is 3.17. The van der Waals surface area contributed by atoms with Crippen LogP contribution < -0.4 is 5.32 Å². The summed E-state index contributed by atoms with van der Waals surface area (Å²) in [5.74, 6) is 1.79. The summed E-state index contributed by atoms with van der Waals surface area (Å²) in [5, 5.41) is 5.12. The summed E-state index contributed by atoms with van der Waals surface area (Å²) in [6.07, 6.45) is 4.25. The molecule has 1 saturated carbocycles. The molecule has 2 heteroatoms. The third-order valence-corrected chi connectivity index (χ3v) is 5.90. The van der Waals surface area contributed by atoms with E-state index in [0.717, 1.165) is 11.8 Å². The Morgan fingerprint density at radius 3 is 2.89 bits per heavy atom. The predicted octanol–water partition coefficient (Wildman–Crippen LogP) is 4.99. The van der Waals surface area contributed by atoms with Crippen molar-refractivity contribution >= 4 is 21.4 Å². The van der Waals surface area contributed by atoms with E-state index in [4.69, 9.17) is 0 Å². The molecule has 102 valence electrons. The third kappa shape index (κ3) is 2.85. The molecule has 1 N–H and O–H groups in total. The number of benzene rings is 1. The maximum absolute atomic E-state index is 3.74. The molecule has 1 aromatic heterocycles. The Balaban J connectivity index is 1.64. The molecule has 0 bridgehead atoms. The van der Waals surface area contributed by atoms with Gasteiger partial charge in [-0.15, -0.1) is 11.3 Å². The number of hydrogen-bond donors (Lipinski definition) is 1. The lowest BCUT2D eigenvalue weighted by molar-refractivity contribution is 0.376. The molecule has 1 aliphatic carbocycles. The van der Waals surface area contributed by atoms with E-state index in [1.165, 1.54) is 40.8 Å². The molecule has 1 aliphatic rings. The summed E-state index contributed by atoms with van der Waals surface area (Å²) in [7, 11) is 0. The first-order chi connectivity index (χ1) is 9.24. The van der Waals surface area contributed by atoms with Gasteiger partial charge in [0.1, 0.15) is 0 Å². The molecule has 1 aromatic carbocycles. The molecule has 0 radical (unpaired) electrons. The second-order valence-electron chi connectivity index (χ2n) is 5.98. The zero-order chi connectivity index (χ0) is 13.2. The van der Waals surface area contributed by atoms with Crippen LogP contribution in [0.25, 0.3) is 10.1 Å². The summed E-state index contributed by atoms with van der Waals surface area (Å²) < 4.78 is 1.40. The monoisotopic (exact) mass is 273 g/mol. The van der Waals surface area contributed by atoms with E-state index >= 15 is 0 Å². The highest BCUT2D eigenvalue weighted by atomic mass is 32.1. The van der Waals surface area contributed by atoms with Crippen LogP contribution in [0.3, 0.4) is 0 Å². The normalized spacial score (nSPS) is 24.9. The topological polar surface area (TPSA) is 12.0 Å². The SMILES string of the molecule is CC(NCC1CCCC1C)c1cc2ccccc2s1. The quantitative estimate of drug-likeness (QED) is 0.827. The van der Waals surface area contributed by atoms with E-state index in [1.54, 1.807) is 0 Å². The summed E-state index contributed by atoms with van der Waals surface area (Å²) >= 11 is 1.93. The first-order valence-corrected chi connectivity index (χ1v) is 8.27. The highest BCUT2D eigenvalue weighted by Crippen LogP contribution is 2.32. The minimum Gasteiger partial charge on any atom is -0.309 e. The van der Waals surface area contributed by atoms with Crippen LogP contribution in [-0.2, 0) is 0 Å². The van der Waals surface area contributed by atoms with E-state index in [2.05, 4.69) is 49.5 Å². The van der Waals surface area contributed by atoms with Crippen molar-refractivity contribution in [3.8, 4) is 0 Å². The summed E-state index contributed by atoms with van der Waals surface area (Å²) in [6, 6.07) is 11.5. The second-order valence-corrected chi connectivity index (χ2v) is 7.10. The molecule has 3 atom stereocenters. The summed E-state index contributed by atoms with van der Waals surface area (Å²) in [6.45, 7) is 5.88. The molecular weight excluding hydrogens is 250 g/mol. The van der Waals surface area contributed by atoms with Crippen LogP contribution in [0.4, 0.5) is 0 Å². The molecule has 3 rings (SSSR count). The Labute approximate surface area is 120 Å². The largest absolute Gasteiger partial charge is 0.309 e. The Morgan fingerprint density at radius 2 is 2.16 bits per heavy atom. The number of rotatable bonds is 4. The standard InChI is InChI=1S/C17H23NS/c1-12-6-5-8-15(12)11-18-13(2)17-10-14-7-3-4-9-16(14)19-17/h3-4,7,9-10,12-13,15,18H,5-6,8,11H2,1-2H3. The van der Waals surface area contributed by atoms with Crippen molar-refractivity contribution < 1.29 is 0 Å². The first-order valence-electron chi connectivity index (χ1n) is 7.46. The van der Waals surface area contributed by atoms with Gasteiger partial charge in [-0.3, -0.25) is 0 Å². The zero-order valence-electron chi connectivity index (χ0n) is 11.9. The fourth-order valence-corrected chi connectivity index (χ4v) is 4.26. The van der Waals surface area contributed by atoms with Crippen LogP contribution in [0.5, 0.6) is 0 Å². The van der Waals surface area contributed by atoms with Crippen LogP contribution in [0.2, 0.25) is 0 Å². The Morgan fingerprint density at radius 1 is 1.32 bits per heavy atom. The van der Waals surface area contributed by atoms with Gasteiger partial charge in [0.15, 0.2) is 0 Å². The van der Waals surface area contributed by atoms with Crippen molar-refractivity contribution in [1.29, 1.82) is 0 Å². The van der Waals surface area contributed by atoms with E-state index in [1.807, 2.05) is 11.3 Å². The van der Waals surface area contributed by atoms with Crippen LogP contribution in [0.15, 0.2) is 30.3 Å². The van der Waals surface area contributed by atoms with Gasteiger partial charge < -0.3 is 5.32 Å². The molecule has 19 heavy (non-hydrogen) atoms. The molecule has 0 saturated heterocycles. The highest BCUT2D eigenvalue weighted by molar-refractivity contribution is 7.19. The molecule has 0 aliphatic heterocycles. The highest BCUT2D eigenvalue weighted by Gasteiger charge is 2.23. The van der Waals surface area contributed by atoms with Crippen molar-refractivity contribution in [3.05, 3.63) is 35.2 Å². The van der Waals surface area contributed by atoms with Crippen LogP contribution >= 0.6 is 11.3 Å². The minimum absolute atomic E-state index is 0.477. The lowest BCUT2D eigenvalue weighted by Crippen LogP contribution is -2.26. The average molecular weight is 273 g/mol. The van der Waals surface area contributed by atoms with Gasteiger partial charge in [0.05, 0.1) is 0 Å². The van der Waals surface area contributed by atoms with Crippen molar-refractivity contribution in [2.75, 3.05) is 6.54 Å². The van der Waals surface area contributed by atoms with Crippen molar-refractivity contribution in [2.24, 2.45) is 11.8 Å². The Hall–Kier alpha value is -0.860. The molecule has 3 unspecified atom stereocenters. The molecule has 0 spiro atoms. The Bertz CT molecular complexity index is 512.